The van der Waals surface area contributed by atoms with Gasteiger partial charge < -0.3 is 9.84 Å². The molecule has 6 heteroatoms. The molecule has 20 heavy (non-hydrogen) atoms. The van der Waals surface area contributed by atoms with Crippen LogP contribution in [0.4, 0.5) is 0 Å². The second kappa shape index (κ2) is 4.93. The maximum absolute atomic E-state index is 10.7. The van der Waals surface area contributed by atoms with E-state index in [4.69, 9.17) is 9.84 Å². The third-order valence-corrected chi connectivity index (χ3v) is 2.66. The number of carbonyl (C=O) groups is 1. The Hall–Kier alpha value is -3.02. The minimum atomic E-state index is -1.13. The minimum Gasteiger partial charge on any atom is -0.476 e. The van der Waals surface area contributed by atoms with Crippen LogP contribution in [-0.4, -0.2) is 26.3 Å². The van der Waals surface area contributed by atoms with Crippen LogP contribution in [0.15, 0.2) is 48.7 Å². The molecule has 1 N–H and O–H groups in total. The second-order valence-corrected chi connectivity index (χ2v) is 4.02. The average Bonchev–Trinajstić information content (AvgIpc) is 2.48. The summed E-state index contributed by atoms with van der Waals surface area (Å²) >= 11 is 0. The van der Waals surface area contributed by atoms with Crippen LogP contribution in [0.5, 0.6) is 11.6 Å². The van der Waals surface area contributed by atoms with Crippen LogP contribution in [0.3, 0.4) is 0 Å². The first-order valence-electron chi connectivity index (χ1n) is 5.82. The van der Waals surface area contributed by atoms with Gasteiger partial charge in [0, 0.05) is 23.7 Å². The molecule has 3 aromatic rings. The van der Waals surface area contributed by atoms with Crippen molar-refractivity contribution in [3.63, 3.8) is 0 Å². The number of nitrogens with zero attached hydrogens (tertiary/aromatic N) is 3. The maximum Gasteiger partial charge on any atom is 0.356 e. The van der Waals surface area contributed by atoms with Gasteiger partial charge in [-0.3, -0.25) is 4.98 Å². The summed E-state index contributed by atoms with van der Waals surface area (Å²) in [5.41, 5.74) is 0.678. The molecule has 2 heterocycles. The fraction of sp³-hybridized carbons (Fsp3) is 0. The topological polar surface area (TPSA) is 85.2 Å². The predicted molar refractivity (Wildman–Crippen MR) is 70.8 cm³/mol. The quantitative estimate of drug-likeness (QED) is 0.784. The number of pyridine rings is 1. The normalized spacial score (nSPS) is 10.4. The molecule has 0 unspecified atom stereocenters. The monoisotopic (exact) mass is 267 g/mol. The summed E-state index contributed by atoms with van der Waals surface area (Å²) in [6.07, 6.45) is 1.70. The van der Waals surface area contributed by atoms with Gasteiger partial charge in [-0.25, -0.2) is 4.79 Å². The first kappa shape index (κ1) is 12.0. The van der Waals surface area contributed by atoms with E-state index in [0.717, 1.165) is 10.9 Å². The van der Waals surface area contributed by atoms with E-state index in [0.29, 0.717) is 5.75 Å². The zero-order chi connectivity index (χ0) is 13.9. The van der Waals surface area contributed by atoms with E-state index in [-0.39, 0.29) is 11.6 Å². The molecule has 0 atom stereocenters. The molecular weight excluding hydrogens is 258 g/mol. The molecule has 0 amide bonds. The van der Waals surface area contributed by atoms with E-state index >= 15 is 0 Å². The van der Waals surface area contributed by atoms with Gasteiger partial charge in [0.05, 0.1) is 5.52 Å². The molecule has 3 rings (SSSR count). The van der Waals surface area contributed by atoms with Gasteiger partial charge in [-0.05, 0) is 24.3 Å². The lowest BCUT2D eigenvalue weighted by Gasteiger charge is -2.05. The van der Waals surface area contributed by atoms with Crippen molar-refractivity contribution >= 4 is 16.9 Å². The van der Waals surface area contributed by atoms with Crippen LogP contribution < -0.4 is 4.74 Å². The van der Waals surface area contributed by atoms with Crippen LogP contribution in [0.1, 0.15) is 10.5 Å². The van der Waals surface area contributed by atoms with Crippen molar-refractivity contribution < 1.29 is 14.6 Å². The highest BCUT2D eigenvalue weighted by atomic mass is 16.5. The number of aromatic nitrogens is 3. The van der Waals surface area contributed by atoms with Crippen molar-refractivity contribution in [1.82, 2.24) is 15.2 Å². The van der Waals surface area contributed by atoms with Crippen molar-refractivity contribution in [3.8, 4) is 11.6 Å². The zero-order valence-corrected chi connectivity index (χ0v) is 10.2. The van der Waals surface area contributed by atoms with E-state index in [1.54, 1.807) is 18.3 Å². The summed E-state index contributed by atoms with van der Waals surface area (Å²) in [5.74, 6) is -0.335. The summed E-state index contributed by atoms with van der Waals surface area (Å²) in [4.78, 5) is 14.9. The van der Waals surface area contributed by atoms with Gasteiger partial charge in [0.1, 0.15) is 5.75 Å². The van der Waals surface area contributed by atoms with Crippen molar-refractivity contribution in [1.29, 1.82) is 0 Å². The number of fused-ring (bicyclic) bond motifs is 1. The van der Waals surface area contributed by atoms with Gasteiger partial charge in [-0.1, -0.05) is 6.07 Å². The molecule has 0 saturated carbocycles. The number of rotatable bonds is 3. The molecule has 2 aromatic heterocycles. The third kappa shape index (κ3) is 2.39. The van der Waals surface area contributed by atoms with Crippen molar-refractivity contribution in [2.24, 2.45) is 0 Å². The van der Waals surface area contributed by atoms with Gasteiger partial charge in [0.2, 0.25) is 5.88 Å². The van der Waals surface area contributed by atoms with Gasteiger partial charge in [-0.2, -0.15) is 0 Å². The van der Waals surface area contributed by atoms with Crippen LogP contribution in [0.2, 0.25) is 0 Å². The van der Waals surface area contributed by atoms with E-state index < -0.39 is 5.97 Å². The lowest BCUT2D eigenvalue weighted by atomic mass is 10.2. The van der Waals surface area contributed by atoms with E-state index in [1.807, 2.05) is 18.2 Å². The maximum atomic E-state index is 10.7. The number of carboxylic acid groups (broad SMARTS) is 1. The van der Waals surface area contributed by atoms with Crippen LogP contribution in [0, 0.1) is 0 Å². The number of hydrogen-bond acceptors (Lipinski definition) is 5. The molecule has 0 radical (unpaired) electrons. The fourth-order valence-electron chi connectivity index (χ4n) is 1.72. The molecular formula is C14H9N3O3. The largest absolute Gasteiger partial charge is 0.476 e. The molecule has 0 saturated heterocycles. The lowest BCUT2D eigenvalue weighted by molar-refractivity contribution is 0.0689. The van der Waals surface area contributed by atoms with Gasteiger partial charge >= 0.3 is 5.97 Å². The number of hydrogen-bond donors (Lipinski definition) is 1. The Bertz CT molecular complexity index is 772. The van der Waals surface area contributed by atoms with Gasteiger partial charge in [0.15, 0.2) is 5.69 Å². The van der Waals surface area contributed by atoms with Crippen LogP contribution in [-0.2, 0) is 0 Å². The predicted octanol–water partition coefficient (Wildman–Crippen LogP) is 2.52. The van der Waals surface area contributed by atoms with E-state index in [2.05, 4.69) is 15.2 Å². The average molecular weight is 267 g/mol. The Morgan fingerprint density at radius 1 is 1.10 bits per heavy atom. The molecule has 1 aromatic carbocycles. The molecule has 0 aliphatic carbocycles. The zero-order valence-electron chi connectivity index (χ0n) is 10.2. The summed E-state index contributed by atoms with van der Waals surface area (Å²) in [6, 6.07) is 12.1. The number of aromatic carboxylic acids is 1. The highest BCUT2D eigenvalue weighted by Crippen LogP contribution is 2.22. The molecule has 0 aliphatic heterocycles. The highest BCUT2D eigenvalue weighted by Gasteiger charge is 2.06. The van der Waals surface area contributed by atoms with E-state index in [1.165, 1.54) is 12.1 Å². The van der Waals surface area contributed by atoms with Crippen LogP contribution in [0.25, 0.3) is 10.9 Å². The molecule has 98 valence electrons. The second-order valence-electron chi connectivity index (χ2n) is 4.02. The Morgan fingerprint density at radius 2 is 2.00 bits per heavy atom. The number of ether oxygens (including phenoxy) is 1. The molecule has 0 spiro atoms. The minimum absolute atomic E-state index is 0.127. The summed E-state index contributed by atoms with van der Waals surface area (Å²) in [6.45, 7) is 0. The highest BCUT2D eigenvalue weighted by molar-refractivity contribution is 5.85. The summed E-state index contributed by atoms with van der Waals surface area (Å²) in [7, 11) is 0. The first-order chi connectivity index (χ1) is 9.72. The fourth-order valence-corrected chi connectivity index (χ4v) is 1.72. The molecule has 6 nitrogen and oxygen atoms in total. The Kier molecular flexibility index (Phi) is 2.96. The van der Waals surface area contributed by atoms with Crippen molar-refractivity contribution in [2.45, 2.75) is 0 Å². The van der Waals surface area contributed by atoms with Crippen LogP contribution >= 0.6 is 0 Å². The number of carboxylic acids is 1. The number of benzene rings is 1. The third-order valence-electron chi connectivity index (χ3n) is 2.66. The Morgan fingerprint density at radius 3 is 2.75 bits per heavy atom. The Labute approximate surface area is 113 Å². The van der Waals surface area contributed by atoms with Crippen molar-refractivity contribution in [3.05, 3.63) is 54.4 Å². The molecule has 0 fully saturated rings. The van der Waals surface area contributed by atoms with Gasteiger partial charge in [0.25, 0.3) is 0 Å². The standard InChI is InChI=1S/C14H9N3O3/c18-14(19)11-5-6-13(17-16-11)20-10-4-3-9-2-1-7-15-12(9)8-10/h1-8H,(H,18,19). The van der Waals surface area contributed by atoms with Gasteiger partial charge in [-0.15, -0.1) is 10.2 Å². The SMILES string of the molecule is O=C(O)c1ccc(Oc2ccc3cccnc3c2)nn1. The lowest BCUT2D eigenvalue weighted by Crippen LogP contribution is -2.02. The first-order valence-corrected chi connectivity index (χ1v) is 5.82. The van der Waals surface area contributed by atoms with Crippen molar-refractivity contribution in [2.75, 3.05) is 0 Å². The summed E-state index contributed by atoms with van der Waals surface area (Å²) in [5, 5.41) is 17.0. The molecule has 0 bridgehead atoms. The summed E-state index contributed by atoms with van der Waals surface area (Å²) < 4.78 is 5.51. The molecule has 0 aliphatic rings. The smallest absolute Gasteiger partial charge is 0.356 e. The Balaban J connectivity index is 1.87. The van der Waals surface area contributed by atoms with E-state index in [9.17, 15) is 4.79 Å².